The van der Waals surface area contributed by atoms with Gasteiger partial charge in [0.15, 0.2) is 0 Å². The van der Waals surface area contributed by atoms with E-state index in [1.54, 1.807) is 29.5 Å². The Labute approximate surface area is 165 Å². The lowest BCUT2D eigenvalue weighted by Crippen LogP contribution is -2.26. The van der Waals surface area contributed by atoms with E-state index in [1.807, 2.05) is 46.3 Å². The van der Waals surface area contributed by atoms with Crippen LogP contribution in [0.5, 0.6) is 0 Å². The number of nitrogens with zero attached hydrogens (tertiary/aromatic N) is 1. The van der Waals surface area contributed by atoms with Gasteiger partial charge in [-0.05, 0) is 35.2 Å². The molecular formula is C21H16ClFN2OS. The highest BCUT2D eigenvalue weighted by Gasteiger charge is 2.17. The monoisotopic (exact) mass is 398 g/mol. The number of halogens is 2. The molecular weight excluding hydrogens is 383 g/mol. The zero-order chi connectivity index (χ0) is 18.8. The maximum absolute atomic E-state index is 13.8. The van der Waals surface area contributed by atoms with Gasteiger partial charge in [0, 0.05) is 23.7 Å². The van der Waals surface area contributed by atoms with Crippen LogP contribution in [0.3, 0.4) is 0 Å². The summed E-state index contributed by atoms with van der Waals surface area (Å²) in [5, 5.41) is 5.47. The summed E-state index contributed by atoms with van der Waals surface area (Å²) in [5.41, 5.74) is 2.91. The SMILES string of the molecule is O=C(NCc1ccccc1F)c1cc2sccc2n1Cc1ccccc1Cl. The first-order valence-corrected chi connectivity index (χ1v) is 9.71. The topological polar surface area (TPSA) is 34.0 Å². The molecule has 0 aliphatic rings. The van der Waals surface area contributed by atoms with Gasteiger partial charge in [0.2, 0.25) is 0 Å². The van der Waals surface area contributed by atoms with Crippen molar-refractivity contribution < 1.29 is 9.18 Å². The van der Waals surface area contributed by atoms with Crippen molar-refractivity contribution in [1.82, 2.24) is 9.88 Å². The Bertz CT molecular complexity index is 1120. The van der Waals surface area contributed by atoms with E-state index in [-0.39, 0.29) is 18.3 Å². The first kappa shape index (κ1) is 17.8. The number of aromatic nitrogens is 1. The van der Waals surface area contributed by atoms with E-state index >= 15 is 0 Å². The Morgan fingerprint density at radius 2 is 1.81 bits per heavy atom. The van der Waals surface area contributed by atoms with Crippen LogP contribution in [-0.4, -0.2) is 10.5 Å². The van der Waals surface area contributed by atoms with Crippen molar-refractivity contribution >= 4 is 39.1 Å². The molecule has 0 aliphatic carbocycles. The number of benzene rings is 2. The van der Waals surface area contributed by atoms with E-state index in [4.69, 9.17) is 11.6 Å². The van der Waals surface area contributed by atoms with Gasteiger partial charge in [-0.1, -0.05) is 48.0 Å². The molecule has 1 amide bonds. The highest BCUT2D eigenvalue weighted by atomic mass is 35.5. The molecule has 6 heteroatoms. The Balaban J connectivity index is 1.63. The van der Waals surface area contributed by atoms with Gasteiger partial charge in [-0.3, -0.25) is 4.79 Å². The molecule has 2 aromatic carbocycles. The predicted molar refractivity (Wildman–Crippen MR) is 108 cm³/mol. The Hall–Kier alpha value is -2.63. The smallest absolute Gasteiger partial charge is 0.268 e. The van der Waals surface area contributed by atoms with Crippen LogP contribution in [0.25, 0.3) is 10.2 Å². The van der Waals surface area contributed by atoms with E-state index in [9.17, 15) is 9.18 Å². The van der Waals surface area contributed by atoms with Gasteiger partial charge in [0.25, 0.3) is 5.91 Å². The number of hydrogen-bond donors (Lipinski definition) is 1. The Morgan fingerprint density at radius 1 is 1.07 bits per heavy atom. The van der Waals surface area contributed by atoms with E-state index in [1.165, 1.54) is 6.07 Å². The van der Waals surface area contributed by atoms with E-state index in [2.05, 4.69) is 5.32 Å². The number of rotatable bonds is 5. The molecule has 4 aromatic rings. The van der Waals surface area contributed by atoms with Gasteiger partial charge in [0.05, 0.1) is 10.2 Å². The number of carbonyl (C=O) groups is 1. The highest BCUT2D eigenvalue weighted by Crippen LogP contribution is 2.27. The number of hydrogen-bond acceptors (Lipinski definition) is 2. The summed E-state index contributed by atoms with van der Waals surface area (Å²) in [6, 6.07) is 17.9. The third-order valence-corrected chi connectivity index (χ3v) is 5.66. The summed E-state index contributed by atoms with van der Waals surface area (Å²) in [6.45, 7) is 0.624. The quantitative estimate of drug-likeness (QED) is 0.475. The zero-order valence-electron chi connectivity index (χ0n) is 14.3. The zero-order valence-corrected chi connectivity index (χ0v) is 15.9. The summed E-state index contributed by atoms with van der Waals surface area (Å²) in [7, 11) is 0. The highest BCUT2D eigenvalue weighted by molar-refractivity contribution is 7.17. The molecule has 0 saturated heterocycles. The third-order valence-electron chi connectivity index (χ3n) is 4.44. The van der Waals surface area contributed by atoms with E-state index in [0.717, 1.165) is 15.8 Å². The summed E-state index contributed by atoms with van der Waals surface area (Å²) in [5.74, 6) is -0.570. The molecule has 0 bridgehead atoms. The van der Waals surface area contributed by atoms with Crippen LogP contribution in [0.2, 0.25) is 5.02 Å². The van der Waals surface area contributed by atoms with Crippen LogP contribution in [0.1, 0.15) is 21.6 Å². The average Bonchev–Trinajstić information content (AvgIpc) is 3.25. The fourth-order valence-electron chi connectivity index (χ4n) is 3.04. The van der Waals surface area contributed by atoms with Crippen molar-refractivity contribution in [1.29, 1.82) is 0 Å². The van der Waals surface area contributed by atoms with Gasteiger partial charge in [0.1, 0.15) is 11.5 Å². The first-order chi connectivity index (χ1) is 13.1. The molecule has 4 rings (SSSR count). The average molecular weight is 399 g/mol. The minimum atomic E-state index is -0.328. The first-order valence-electron chi connectivity index (χ1n) is 8.45. The molecule has 1 N–H and O–H groups in total. The van der Waals surface area contributed by atoms with Gasteiger partial charge in [-0.15, -0.1) is 11.3 Å². The lowest BCUT2D eigenvalue weighted by atomic mass is 10.2. The molecule has 0 radical (unpaired) electrons. The second-order valence-corrected chi connectivity index (χ2v) is 7.51. The van der Waals surface area contributed by atoms with Crippen molar-refractivity contribution in [2.45, 2.75) is 13.1 Å². The Kier molecular flexibility index (Phi) is 4.97. The standard InChI is InChI=1S/C21H16ClFN2OS/c22-16-7-3-1-6-15(16)13-25-18-9-10-27-20(18)11-19(25)21(26)24-12-14-5-2-4-8-17(14)23/h1-11H,12-13H2,(H,24,26). The van der Waals surface area contributed by atoms with Crippen LogP contribution in [0.4, 0.5) is 4.39 Å². The van der Waals surface area contributed by atoms with Crippen LogP contribution in [0, 0.1) is 5.82 Å². The lowest BCUT2D eigenvalue weighted by molar-refractivity contribution is 0.0942. The van der Waals surface area contributed by atoms with Gasteiger partial charge < -0.3 is 9.88 Å². The molecule has 0 atom stereocenters. The molecule has 0 spiro atoms. The van der Waals surface area contributed by atoms with Crippen molar-refractivity contribution in [3.63, 3.8) is 0 Å². The number of nitrogens with one attached hydrogen (secondary N) is 1. The van der Waals surface area contributed by atoms with Crippen LogP contribution in [-0.2, 0) is 13.1 Å². The summed E-state index contributed by atoms with van der Waals surface area (Å²) < 4.78 is 16.8. The summed E-state index contributed by atoms with van der Waals surface area (Å²) in [6.07, 6.45) is 0. The summed E-state index contributed by atoms with van der Waals surface area (Å²) in [4.78, 5) is 12.8. The molecule has 27 heavy (non-hydrogen) atoms. The largest absolute Gasteiger partial charge is 0.347 e. The van der Waals surface area contributed by atoms with Crippen LogP contribution in [0.15, 0.2) is 66.0 Å². The minimum absolute atomic E-state index is 0.135. The molecule has 2 aromatic heterocycles. The van der Waals surface area contributed by atoms with Crippen molar-refractivity contribution in [2.24, 2.45) is 0 Å². The molecule has 0 saturated carbocycles. The second kappa shape index (κ2) is 7.55. The van der Waals surface area contributed by atoms with Crippen LogP contribution < -0.4 is 5.32 Å². The van der Waals surface area contributed by atoms with Crippen molar-refractivity contribution in [2.75, 3.05) is 0 Å². The minimum Gasteiger partial charge on any atom is -0.347 e. The fraction of sp³-hybridized carbons (Fsp3) is 0.0952. The molecule has 2 heterocycles. The summed E-state index contributed by atoms with van der Waals surface area (Å²) >= 11 is 7.88. The molecule has 0 fully saturated rings. The molecule has 0 unspecified atom stereocenters. The molecule has 3 nitrogen and oxygen atoms in total. The Morgan fingerprint density at radius 3 is 2.59 bits per heavy atom. The maximum atomic E-state index is 13.8. The number of thiophene rings is 1. The number of fused-ring (bicyclic) bond motifs is 1. The van der Waals surface area contributed by atoms with Gasteiger partial charge in [-0.25, -0.2) is 4.39 Å². The maximum Gasteiger partial charge on any atom is 0.268 e. The fourth-order valence-corrected chi connectivity index (χ4v) is 4.06. The second-order valence-electron chi connectivity index (χ2n) is 6.15. The molecule has 136 valence electrons. The van der Waals surface area contributed by atoms with Crippen molar-refractivity contribution in [3.05, 3.63) is 93.7 Å². The normalized spacial score (nSPS) is 11.0. The molecule has 0 aliphatic heterocycles. The van der Waals surface area contributed by atoms with E-state index in [0.29, 0.717) is 22.8 Å². The number of carbonyl (C=O) groups excluding carboxylic acids is 1. The van der Waals surface area contributed by atoms with Crippen LogP contribution >= 0.6 is 22.9 Å². The number of amides is 1. The third kappa shape index (κ3) is 3.61. The van der Waals surface area contributed by atoms with Crippen molar-refractivity contribution in [3.8, 4) is 0 Å². The van der Waals surface area contributed by atoms with Gasteiger partial charge in [-0.2, -0.15) is 0 Å². The predicted octanol–water partition coefficient (Wildman–Crippen LogP) is 5.47. The lowest BCUT2D eigenvalue weighted by Gasteiger charge is -2.12. The van der Waals surface area contributed by atoms with Gasteiger partial charge >= 0.3 is 0 Å². The van der Waals surface area contributed by atoms with E-state index < -0.39 is 0 Å².